The fourth-order valence-electron chi connectivity index (χ4n) is 7.79. The van der Waals surface area contributed by atoms with Gasteiger partial charge in [-0.15, -0.1) is 0 Å². The zero-order valence-corrected chi connectivity index (χ0v) is 52.4. The van der Waals surface area contributed by atoms with Gasteiger partial charge in [-0.2, -0.15) is 13.1 Å². The van der Waals surface area contributed by atoms with Crippen molar-refractivity contribution in [3.8, 4) is 11.5 Å². The van der Waals surface area contributed by atoms with Crippen molar-refractivity contribution in [2.75, 3.05) is 40.5 Å². The van der Waals surface area contributed by atoms with E-state index in [1.807, 2.05) is 4.72 Å². The normalized spacial score (nSPS) is 22.0. The highest BCUT2D eigenvalue weighted by molar-refractivity contribution is 9.13. The van der Waals surface area contributed by atoms with Crippen molar-refractivity contribution in [3.05, 3.63) is 94.9 Å². The first-order chi connectivity index (χ1) is 35.3. The second-order valence-corrected chi connectivity index (χ2v) is 24.7. The van der Waals surface area contributed by atoms with Crippen molar-refractivity contribution < 1.29 is 76.1 Å². The SMILES string of the molecule is COC1=C(Br)[C@@H](O)[C@]2(C=C1Br)CC(C(=O)NCCCOc1c(Br)cc(CC(NC(=O)[C@@H](Cc3cc(Br)c(OCCCNC(=O)C4=NO[C@@]5(C=C(Br)C(OC)=C(Br)[C@H]5O)C4)c(Br)c3)NS(=O)(=O)O)C(=O)O)cc1Br)=NO2. The molecule has 1 unspecified atom stereocenters. The van der Waals surface area contributed by atoms with Gasteiger partial charge in [0.2, 0.25) is 5.91 Å². The van der Waals surface area contributed by atoms with Crippen LogP contribution in [-0.2, 0) is 61.5 Å². The first-order valence-corrected chi connectivity index (χ1v) is 29.7. The van der Waals surface area contributed by atoms with Gasteiger partial charge in [0, 0.05) is 32.4 Å². The molecule has 4 aliphatic rings. The molecule has 2 aliphatic carbocycles. The zero-order valence-electron chi connectivity index (χ0n) is 38.9. The molecule has 2 spiro atoms. The molecule has 22 nitrogen and oxygen atoms in total. The van der Waals surface area contributed by atoms with E-state index in [1.54, 1.807) is 36.4 Å². The van der Waals surface area contributed by atoms with Crippen molar-refractivity contribution in [3.63, 3.8) is 0 Å². The Morgan fingerprint density at radius 1 is 0.693 bits per heavy atom. The summed E-state index contributed by atoms with van der Waals surface area (Å²) in [6.45, 7) is 0.644. The number of carbonyl (C=O) groups excluding carboxylic acids is 3. The molecule has 8 N–H and O–H groups in total. The van der Waals surface area contributed by atoms with E-state index in [9.17, 15) is 47.5 Å². The second kappa shape index (κ2) is 26.3. The van der Waals surface area contributed by atoms with Gasteiger partial charge in [-0.05, 0) is 194 Å². The Morgan fingerprint density at radius 3 is 1.44 bits per heavy atom. The number of aliphatic carboxylic acids is 1. The Kier molecular flexibility index (Phi) is 21.5. The molecule has 0 aromatic heterocycles. The minimum absolute atomic E-state index is 0.00773. The summed E-state index contributed by atoms with van der Waals surface area (Å²) in [5.41, 5.74) is -1.67. The van der Waals surface area contributed by atoms with Gasteiger partial charge in [-0.1, -0.05) is 10.3 Å². The molecule has 6 atom stereocenters. The predicted molar refractivity (Wildman–Crippen MR) is 299 cm³/mol. The molecule has 0 bridgehead atoms. The van der Waals surface area contributed by atoms with Crippen molar-refractivity contribution in [2.45, 2.75) is 74.0 Å². The number of hydrogen-bond acceptors (Lipinski definition) is 16. The summed E-state index contributed by atoms with van der Waals surface area (Å²) >= 11 is 27.2. The van der Waals surface area contributed by atoms with E-state index in [0.29, 0.717) is 82.8 Å². The van der Waals surface area contributed by atoms with Crippen molar-refractivity contribution in [1.29, 1.82) is 0 Å². The average molecular weight is 1580 g/mol. The lowest BCUT2D eigenvalue weighted by molar-refractivity contribution is -0.142. The molecule has 0 saturated carbocycles. The number of allylic oxidation sites excluding steroid dienone is 2. The van der Waals surface area contributed by atoms with Gasteiger partial charge in [-0.25, -0.2) is 4.79 Å². The van der Waals surface area contributed by atoms with Gasteiger partial charge in [0.1, 0.15) is 58.7 Å². The number of carboxylic acid groups (broad SMARTS) is 1. The number of amides is 3. The highest BCUT2D eigenvalue weighted by Crippen LogP contribution is 2.46. The first kappa shape index (κ1) is 61.3. The second-order valence-electron chi connectivity index (χ2n) is 16.7. The Bertz CT molecular complexity index is 2880. The van der Waals surface area contributed by atoms with Crippen LogP contribution in [0, 0.1) is 0 Å². The van der Waals surface area contributed by atoms with Crippen LogP contribution in [0.2, 0.25) is 0 Å². The number of aliphatic hydroxyl groups excluding tert-OH is 2. The lowest BCUT2D eigenvalue weighted by Crippen LogP contribution is -2.52. The topological polar surface area (TPSA) is 312 Å². The van der Waals surface area contributed by atoms with Crippen LogP contribution < -0.4 is 30.1 Å². The standard InChI is InChI=1S/C44H44Br8N6O16S/c1-69-35-25(49)15-43(37(59)31(35)51)17-29(56-73-43)39(61)53-5-3-7-71-33-21(45)9-19(10-22(33)46)13-27(58-75(66,67)68)41(63)55-28(42(64)65)14-20-11-23(47)34(24(48)12-20)72-8-4-6-54-40(62)30-18-44(74-57-30)16-26(50)36(70-2)32(52)38(44)60/h9-12,15-16,27-28,37-38,58-60H,3-8,13-14,17-18H2,1-2H3,(H,53,61)(H,54,62)(H,55,63)(H,64,65)(H,66,67,68)/t27-,28?,37-,38-,43+,44+/m1/s1. The molecular formula is C44H44Br8N6O16S. The van der Waals surface area contributed by atoms with Crippen molar-refractivity contribution in [2.24, 2.45) is 10.3 Å². The first-order valence-electron chi connectivity index (χ1n) is 21.9. The summed E-state index contributed by atoms with van der Waals surface area (Å²) in [4.78, 5) is 63.0. The summed E-state index contributed by atoms with van der Waals surface area (Å²) in [5.74, 6) is -2.00. The van der Waals surface area contributed by atoms with Crippen LogP contribution in [0.5, 0.6) is 11.5 Å². The van der Waals surface area contributed by atoms with E-state index in [-0.39, 0.29) is 63.4 Å². The number of carbonyl (C=O) groups is 4. The maximum absolute atomic E-state index is 13.6. The van der Waals surface area contributed by atoms with Crippen LogP contribution in [0.3, 0.4) is 0 Å². The van der Waals surface area contributed by atoms with E-state index in [4.69, 9.17) is 28.6 Å². The molecule has 31 heteroatoms. The highest BCUT2D eigenvalue weighted by Gasteiger charge is 2.52. The zero-order chi connectivity index (χ0) is 55.2. The quantitative estimate of drug-likeness (QED) is 0.0437. The van der Waals surface area contributed by atoms with E-state index < -0.39 is 69.5 Å². The number of oxime groups is 2. The lowest BCUT2D eigenvalue weighted by Gasteiger charge is -2.33. The molecule has 2 aromatic rings. The predicted octanol–water partition coefficient (Wildman–Crippen LogP) is 6.47. The van der Waals surface area contributed by atoms with E-state index in [0.717, 1.165) is 0 Å². The van der Waals surface area contributed by atoms with Crippen LogP contribution >= 0.6 is 127 Å². The molecule has 3 amide bonds. The monoisotopic (exact) mass is 1580 g/mol. The molecule has 75 heavy (non-hydrogen) atoms. The molecular weight excluding hydrogens is 1540 g/mol. The van der Waals surface area contributed by atoms with Gasteiger partial charge in [0.25, 0.3) is 11.8 Å². The summed E-state index contributed by atoms with van der Waals surface area (Å²) < 4.78 is 61.5. The fraction of sp³-hybridized carbons (Fsp3) is 0.409. The fourth-order valence-corrected chi connectivity index (χ4v) is 14.9. The number of rotatable bonds is 23. The third kappa shape index (κ3) is 15.0. The van der Waals surface area contributed by atoms with E-state index in [1.165, 1.54) is 14.2 Å². The molecule has 0 radical (unpaired) electrons. The summed E-state index contributed by atoms with van der Waals surface area (Å²) in [5, 5.41) is 47.6. The summed E-state index contributed by atoms with van der Waals surface area (Å²) in [6, 6.07) is 3.03. The minimum atomic E-state index is -4.98. The number of carboxylic acids is 1. The van der Waals surface area contributed by atoms with Crippen LogP contribution in [-0.4, -0.2) is 139 Å². The molecule has 0 fully saturated rings. The lowest BCUT2D eigenvalue weighted by atomic mass is 9.87. The van der Waals surface area contributed by atoms with Crippen molar-refractivity contribution >= 4 is 173 Å². The molecule has 2 aromatic carbocycles. The number of methoxy groups -OCH3 is 2. The molecule has 2 aliphatic heterocycles. The largest absolute Gasteiger partial charge is 0.495 e. The average Bonchev–Trinajstić information content (AvgIpc) is 3.96. The summed E-state index contributed by atoms with van der Waals surface area (Å²) in [7, 11) is -2.08. The van der Waals surface area contributed by atoms with Gasteiger partial charge in [0.05, 0.1) is 63.3 Å². The number of hydrogen-bond donors (Lipinski definition) is 8. The Labute approximate surface area is 496 Å². The highest BCUT2D eigenvalue weighted by atomic mass is 79.9. The maximum Gasteiger partial charge on any atom is 0.334 e. The van der Waals surface area contributed by atoms with E-state index >= 15 is 0 Å². The van der Waals surface area contributed by atoms with Crippen LogP contribution in [0.15, 0.2) is 94.1 Å². The van der Waals surface area contributed by atoms with Gasteiger partial charge >= 0.3 is 16.3 Å². The third-order valence-corrected chi connectivity index (χ3v) is 17.1. The van der Waals surface area contributed by atoms with E-state index in [2.05, 4.69) is 154 Å². The van der Waals surface area contributed by atoms with Crippen LogP contribution in [0.25, 0.3) is 0 Å². The number of ether oxygens (including phenoxy) is 4. The smallest absolute Gasteiger partial charge is 0.334 e. The molecule has 0 saturated heterocycles. The molecule has 408 valence electrons. The number of halogens is 8. The number of nitrogens with zero attached hydrogens (tertiary/aromatic N) is 2. The third-order valence-electron chi connectivity index (χ3n) is 11.4. The Hall–Kier alpha value is -2.95. The van der Waals surface area contributed by atoms with Gasteiger partial charge in [-0.3, -0.25) is 18.9 Å². The van der Waals surface area contributed by atoms with Crippen molar-refractivity contribution in [1.82, 2.24) is 20.7 Å². The van der Waals surface area contributed by atoms with Gasteiger partial charge < -0.3 is 59.9 Å². The maximum atomic E-state index is 13.6. The minimum Gasteiger partial charge on any atom is -0.495 e. The number of aliphatic hydroxyl groups is 2. The Balaban J connectivity index is 0.969. The molecule has 6 rings (SSSR count). The Morgan fingerprint density at radius 2 is 1.08 bits per heavy atom. The molecule has 2 heterocycles. The van der Waals surface area contributed by atoms with Crippen LogP contribution in [0.1, 0.15) is 36.8 Å². The summed E-state index contributed by atoms with van der Waals surface area (Å²) in [6.07, 6.45) is 0.899. The number of benzene rings is 2. The number of nitrogens with one attached hydrogen (secondary N) is 4. The van der Waals surface area contributed by atoms with Crippen LogP contribution in [0.4, 0.5) is 0 Å². The van der Waals surface area contributed by atoms with Gasteiger partial charge in [0.15, 0.2) is 11.2 Å².